The highest BCUT2D eigenvalue weighted by molar-refractivity contribution is 5.94. The van der Waals surface area contributed by atoms with Gasteiger partial charge < -0.3 is 15.1 Å². The molecule has 0 spiro atoms. The molecule has 0 aromatic heterocycles. The molecule has 4 rings (SSSR count). The zero-order valence-electron chi connectivity index (χ0n) is 16.8. The van der Waals surface area contributed by atoms with Crippen LogP contribution in [0.4, 0.5) is 5.69 Å². The highest BCUT2D eigenvalue weighted by Gasteiger charge is 2.26. The van der Waals surface area contributed by atoms with Crippen molar-refractivity contribution >= 4 is 11.6 Å². The minimum atomic E-state index is -0.0179. The van der Waals surface area contributed by atoms with Gasteiger partial charge >= 0.3 is 0 Å². The fourth-order valence-electron chi connectivity index (χ4n) is 4.52. The maximum absolute atomic E-state index is 12.6. The van der Waals surface area contributed by atoms with Crippen LogP contribution >= 0.6 is 0 Å². The standard InChI is InChI=1S/C24H31N3O/c1-19(20-7-3-2-4-8-20)25-24(28)21-9-11-22(12-10-21)27-17-13-23(14-18-27)26-15-5-6-16-26/h2-4,7-12,19,23H,5-6,13-18H2,1H3,(H,25,28)/t19-/m0/s1. The van der Waals surface area contributed by atoms with E-state index in [9.17, 15) is 4.79 Å². The molecule has 4 heteroatoms. The van der Waals surface area contributed by atoms with Crippen molar-refractivity contribution in [1.29, 1.82) is 0 Å². The molecule has 2 aromatic rings. The van der Waals surface area contributed by atoms with Crippen molar-refractivity contribution in [3.05, 3.63) is 65.7 Å². The predicted molar refractivity (Wildman–Crippen MR) is 115 cm³/mol. The summed E-state index contributed by atoms with van der Waals surface area (Å²) < 4.78 is 0. The van der Waals surface area contributed by atoms with Crippen molar-refractivity contribution in [3.8, 4) is 0 Å². The molecular formula is C24H31N3O. The number of amides is 1. The molecule has 0 saturated carbocycles. The SMILES string of the molecule is C[C@H](NC(=O)c1ccc(N2CCC(N3CCCC3)CC2)cc1)c1ccccc1. The van der Waals surface area contributed by atoms with Gasteiger partial charge in [0, 0.05) is 30.4 Å². The number of piperidine rings is 1. The van der Waals surface area contributed by atoms with E-state index in [-0.39, 0.29) is 11.9 Å². The molecule has 0 radical (unpaired) electrons. The van der Waals surface area contributed by atoms with Gasteiger partial charge in [0.25, 0.3) is 5.91 Å². The van der Waals surface area contributed by atoms with Gasteiger partial charge in [-0.2, -0.15) is 0 Å². The van der Waals surface area contributed by atoms with Crippen LogP contribution in [0.15, 0.2) is 54.6 Å². The topological polar surface area (TPSA) is 35.6 Å². The molecule has 0 aliphatic carbocycles. The minimum Gasteiger partial charge on any atom is -0.371 e. The van der Waals surface area contributed by atoms with E-state index in [1.54, 1.807) is 0 Å². The largest absolute Gasteiger partial charge is 0.371 e. The Labute approximate surface area is 168 Å². The Morgan fingerprint density at radius 1 is 0.929 bits per heavy atom. The van der Waals surface area contributed by atoms with Crippen LogP contribution in [-0.4, -0.2) is 43.0 Å². The zero-order chi connectivity index (χ0) is 19.3. The molecule has 4 nitrogen and oxygen atoms in total. The molecular weight excluding hydrogens is 346 g/mol. The molecule has 28 heavy (non-hydrogen) atoms. The Kier molecular flexibility index (Phi) is 5.96. The van der Waals surface area contributed by atoms with Crippen LogP contribution < -0.4 is 10.2 Å². The van der Waals surface area contributed by atoms with Gasteiger partial charge in [-0.05, 0) is 75.5 Å². The molecule has 2 heterocycles. The highest BCUT2D eigenvalue weighted by atomic mass is 16.1. The molecule has 0 unspecified atom stereocenters. The van der Waals surface area contributed by atoms with Gasteiger partial charge in [0.2, 0.25) is 0 Å². The molecule has 1 N–H and O–H groups in total. The molecule has 2 aliphatic rings. The van der Waals surface area contributed by atoms with Gasteiger partial charge in [-0.1, -0.05) is 30.3 Å². The zero-order valence-corrected chi connectivity index (χ0v) is 16.8. The number of anilines is 1. The van der Waals surface area contributed by atoms with Crippen LogP contribution in [0.1, 0.15) is 54.6 Å². The van der Waals surface area contributed by atoms with Gasteiger partial charge in [0.15, 0.2) is 0 Å². The number of hydrogen-bond donors (Lipinski definition) is 1. The smallest absolute Gasteiger partial charge is 0.251 e. The second-order valence-electron chi connectivity index (χ2n) is 8.11. The lowest BCUT2D eigenvalue weighted by atomic mass is 10.0. The lowest BCUT2D eigenvalue weighted by Crippen LogP contribution is -2.43. The van der Waals surface area contributed by atoms with E-state index in [4.69, 9.17) is 0 Å². The Bertz CT molecular complexity index is 760. The first-order valence-electron chi connectivity index (χ1n) is 10.7. The molecule has 0 bridgehead atoms. The molecule has 2 fully saturated rings. The van der Waals surface area contributed by atoms with E-state index in [0.717, 1.165) is 30.3 Å². The molecule has 2 aliphatic heterocycles. The molecule has 1 amide bonds. The Morgan fingerprint density at radius 3 is 2.21 bits per heavy atom. The first-order valence-corrected chi connectivity index (χ1v) is 10.7. The number of rotatable bonds is 5. The van der Waals surface area contributed by atoms with Crippen molar-refractivity contribution in [1.82, 2.24) is 10.2 Å². The third kappa shape index (κ3) is 4.39. The number of hydrogen-bond acceptors (Lipinski definition) is 3. The van der Waals surface area contributed by atoms with E-state index in [2.05, 4.69) is 27.2 Å². The minimum absolute atomic E-state index is 0.00186. The number of benzene rings is 2. The van der Waals surface area contributed by atoms with Crippen molar-refractivity contribution < 1.29 is 4.79 Å². The van der Waals surface area contributed by atoms with Crippen LogP contribution in [0.5, 0.6) is 0 Å². The summed E-state index contributed by atoms with van der Waals surface area (Å²) in [6, 6.07) is 18.9. The van der Waals surface area contributed by atoms with Gasteiger partial charge in [-0.15, -0.1) is 0 Å². The van der Waals surface area contributed by atoms with E-state index < -0.39 is 0 Å². The maximum Gasteiger partial charge on any atom is 0.251 e. The van der Waals surface area contributed by atoms with Gasteiger partial charge in [-0.3, -0.25) is 4.79 Å². The van der Waals surface area contributed by atoms with Crippen LogP contribution in [-0.2, 0) is 0 Å². The molecule has 1 atom stereocenters. The summed E-state index contributed by atoms with van der Waals surface area (Å²) >= 11 is 0. The van der Waals surface area contributed by atoms with Crippen molar-refractivity contribution in [2.24, 2.45) is 0 Å². The van der Waals surface area contributed by atoms with Gasteiger partial charge in [-0.25, -0.2) is 0 Å². The van der Waals surface area contributed by atoms with Crippen LogP contribution in [0.25, 0.3) is 0 Å². The second kappa shape index (κ2) is 8.78. The predicted octanol–water partition coefficient (Wildman–Crippen LogP) is 4.24. The summed E-state index contributed by atoms with van der Waals surface area (Å²) in [5.74, 6) is -0.0179. The van der Waals surface area contributed by atoms with Crippen molar-refractivity contribution in [2.75, 3.05) is 31.1 Å². The van der Waals surface area contributed by atoms with Crippen LogP contribution in [0.3, 0.4) is 0 Å². The van der Waals surface area contributed by atoms with E-state index in [1.165, 1.54) is 44.5 Å². The summed E-state index contributed by atoms with van der Waals surface area (Å²) in [6.07, 6.45) is 5.23. The fourth-order valence-corrected chi connectivity index (χ4v) is 4.52. The summed E-state index contributed by atoms with van der Waals surface area (Å²) in [7, 11) is 0. The second-order valence-corrected chi connectivity index (χ2v) is 8.11. The average molecular weight is 378 g/mol. The Balaban J connectivity index is 1.32. The highest BCUT2D eigenvalue weighted by Crippen LogP contribution is 2.25. The quantitative estimate of drug-likeness (QED) is 0.846. The number of nitrogens with zero attached hydrogens (tertiary/aromatic N) is 2. The normalized spacial score (nSPS) is 19.5. The van der Waals surface area contributed by atoms with Gasteiger partial charge in [0.05, 0.1) is 6.04 Å². The number of carbonyl (C=O) groups excluding carboxylic acids is 1. The molecule has 148 valence electrons. The monoisotopic (exact) mass is 377 g/mol. The summed E-state index contributed by atoms with van der Waals surface area (Å²) in [6.45, 7) is 6.81. The third-order valence-electron chi connectivity index (χ3n) is 6.26. The summed E-state index contributed by atoms with van der Waals surface area (Å²) in [4.78, 5) is 17.7. The Hall–Kier alpha value is -2.33. The Morgan fingerprint density at radius 2 is 1.57 bits per heavy atom. The van der Waals surface area contributed by atoms with Crippen molar-refractivity contribution in [2.45, 2.75) is 44.7 Å². The fraction of sp³-hybridized carbons (Fsp3) is 0.458. The van der Waals surface area contributed by atoms with Crippen molar-refractivity contribution in [3.63, 3.8) is 0 Å². The lowest BCUT2D eigenvalue weighted by molar-refractivity contribution is 0.0940. The summed E-state index contributed by atoms with van der Waals surface area (Å²) in [5.41, 5.74) is 3.07. The van der Waals surface area contributed by atoms with Crippen LogP contribution in [0.2, 0.25) is 0 Å². The van der Waals surface area contributed by atoms with E-state index in [0.29, 0.717) is 0 Å². The third-order valence-corrected chi connectivity index (χ3v) is 6.26. The number of likely N-dealkylation sites (tertiary alicyclic amines) is 1. The lowest BCUT2D eigenvalue weighted by Gasteiger charge is -2.37. The van der Waals surface area contributed by atoms with Crippen LogP contribution in [0, 0.1) is 0 Å². The molecule has 2 aromatic carbocycles. The van der Waals surface area contributed by atoms with E-state index >= 15 is 0 Å². The first kappa shape index (κ1) is 19.0. The van der Waals surface area contributed by atoms with E-state index in [1.807, 2.05) is 49.4 Å². The maximum atomic E-state index is 12.6. The number of carbonyl (C=O) groups is 1. The first-order chi connectivity index (χ1) is 13.7. The van der Waals surface area contributed by atoms with Gasteiger partial charge in [0.1, 0.15) is 0 Å². The molecule has 2 saturated heterocycles. The number of nitrogens with one attached hydrogen (secondary N) is 1. The average Bonchev–Trinajstić information content (AvgIpc) is 3.29. The summed E-state index contributed by atoms with van der Waals surface area (Å²) in [5, 5.41) is 3.09.